The SMILES string of the molecule is Cc1ccc([N+](=O)[O-])cc1NC(=O)[C@H](NC(=O)OC(C)(C)C)[C@H](C)OCc1ccccc1. The van der Waals surface area contributed by atoms with Crippen LogP contribution in [0.25, 0.3) is 0 Å². The van der Waals surface area contributed by atoms with Gasteiger partial charge in [-0.05, 0) is 45.7 Å². The van der Waals surface area contributed by atoms with Crippen molar-refractivity contribution in [2.75, 3.05) is 5.32 Å². The zero-order chi connectivity index (χ0) is 23.9. The molecule has 2 aromatic rings. The third-order valence-corrected chi connectivity index (χ3v) is 4.47. The summed E-state index contributed by atoms with van der Waals surface area (Å²) in [6.45, 7) is 8.74. The monoisotopic (exact) mass is 443 g/mol. The Labute approximate surface area is 187 Å². The third-order valence-electron chi connectivity index (χ3n) is 4.47. The molecule has 9 nitrogen and oxygen atoms in total. The number of hydrogen-bond donors (Lipinski definition) is 2. The lowest BCUT2D eigenvalue weighted by Crippen LogP contribution is -2.52. The molecule has 0 bridgehead atoms. The van der Waals surface area contributed by atoms with Crippen LogP contribution in [-0.4, -0.2) is 34.7 Å². The van der Waals surface area contributed by atoms with Gasteiger partial charge >= 0.3 is 6.09 Å². The summed E-state index contributed by atoms with van der Waals surface area (Å²) in [6.07, 6.45) is -1.50. The van der Waals surface area contributed by atoms with E-state index in [1.165, 1.54) is 12.1 Å². The van der Waals surface area contributed by atoms with Crippen molar-refractivity contribution in [3.63, 3.8) is 0 Å². The van der Waals surface area contributed by atoms with Gasteiger partial charge in [0.25, 0.3) is 5.69 Å². The van der Waals surface area contributed by atoms with E-state index in [1.54, 1.807) is 40.7 Å². The topological polar surface area (TPSA) is 120 Å². The summed E-state index contributed by atoms with van der Waals surface area (Å²) >= 11 is 0. The van der Waals surface area contributed by atoms with E-state index in [-0.39, 0.29) is 18.0 Å². The quantitative estimate of drug-likeness (QED) is 0.463. The molecule has 0 aromatic heterocycles. The number of ether oxygens (including phenoxy) is 2. The molecule has 0 saturated carbocycles. The second-order valence-electron chi connectivity index (χ2n) is 8.37. The second-order valence-corrected chi connectivity index (χ2v) is 8.37. The van der Waals surface area contributed by atoms with Gasteiger partial charge in [-0.15, -0.1) is 0 Å². The number of carbonyl (C=O) groups is 2. The summed E-state index contributed by atoms with van der Waals surface area (Å²) in [7, 11) is 0. The van der Waals surface area contributed by atoms with Crippen LogP contribution in [0.4, 0.5) is 16.2 Å². The Bertz CT molecular complexity index is 956. The standard InChI is InChI=1S/C23H29N3O6/c1-15-11-12-18(26(29)30)13-19(15)24-21(27)20(25-22(28)32-23(3,4)5)16(2)31-14-17-9-7-6-8-10-17/h6-13,16,20H,14H2,1-5H3,(H,24,27)(H,25,28)/t16-,20+/m0/s1. The average molecular weight is 444 g/mol. The van der Waals surface area contributed by atoms with Crippen molar-refractivity contribution < 1.29 is 24.0 Å². The van der Waals surface area contributed by atoms with Gasteiger partial charge in [-0.2, -0.15) is 0 Å². The summed E-state index contributed by atoms with van der Waals surface area (Å²) in [6, 6.07) is 12.5. The van der Waals surface area contributed by atoms with Gasteiger partial charge in [-0.1, -0.05) is 36.4 Å². The Morgan fingerprint density at radius 2 is 1.78 bits per heavy atom. The zero-order valence-electron chi connectivity index (χ0n) is 18.9. The fraction of sp³-hybridized carbons (Fsp3) is 0.391. The number of nitrogens with one attached hydrogen (secondary N) is 2. The van der Waals surface area contributed by atoms with Crippen LogP contribution >= 0.6 is 0 Å². The van der Waals surface area contributed by atoms with E-state index in [9.17, 15) is 19.7 Å². The maximum absolute atomic E-state index is 13.1. The van der Waals surface area contributed by atoms with Gasteiger partial charge < -0.3 is 20.1 Å². The summed E-state index contributed by atoms with van der Waals surface area (Å²) in [5, 5.41) is 16.3. The number of alkyl carbamates (subject to hydrolysis) is 1. The lowest BCUT2D eigenvalue weighted by atomic mass is 10.1. The number of carbonyl (C=O) groups excluding carboxylic acids is 2. The first-order chi connectivity index (χ1) is 15.0. The molecular formula is C23H29N3O6. The number of nitro groups is 1. The van der Waals surface area contributed by atoms with E-state index >= 15 is 0 Å². The molecule has 0 aliphatic rings. The van der Waals surface area contributed by atoms with Crippen LogP contribution in [0.5, 0.6) is 0 Å². The number of benzene rings is 2. The predicted molar refractivity (Wildman–Crippen MR) is 120 cm³/mol. The van der Waals surface area contributed by atoms with Crippen molar-refractivity contribution in [1.29, 1.82) is 0 Å². The van der Waals surface area contributed by atoms with Gasteiger partial charge in [0.15, 0.2) is 0 Å². The highest BCUT2D eigenvalue weighted by Gasteiger charge is 2.30. The number of nitro benzene ring substituents is 1. The molecule has 2 atom stereocenters. The highest BCUT2D eigenvalue weighted by molar-refractivity contribution is 5.97. The number of non-ortho nitro benzene ring substituents is 1. The average Bonchev–Trinajstić information content (AvgIpc) is 2.71. The van der Waals surface area contributed by atoms with Crippen molar-refractivity contribution in [2.24, 2.45) is 0 Å². The van der Waals surface area contributed by atoms with E-state index in [2.05, 4.69) is 10.6 Å². The van der Waals surface area contributed by atoms with Crippen LogP contribution < -0.4 is 10.6 Å². The Balaban J connectivity index is 2.20. The van der Waals surface area contributed by atoms with Crippen LogP contribution in [0.3, 0.4) is 0 Å². The van der Waals surface area contributed by atoms with E-state index in [4.69, 9.17) is 9.47 Å². The van der Waals surface area contributed by atoms with E-state index < -0.39 is 34.7 Å². The Hall–Kier alpha value is -3.46. The van der Waals surface area contributed by atoms with Gasteiger partial charge in [0.2, 0.25) is 5.91 Å². The Morgan fingerprint density at radius 1 is 1.12 bits per heavy atom. The van der Waals surface area contributed by atoms with Crippen molar-refractivity contribution in [3.05, 3.63) is 69.8 Å². The number of rotatable bonds is 8. The second kappa shape index (κ2) is 10.7. The molecule has 2 rings (SSSR count). The number of nitrogens with zero attached hydrogens (tertiary/aromatic N) is 1. The maximum atomic E-state index is 13.1. The number of amides is 2. The van der Waals surface area contributed by atoms with Gasteiger partial charge in [-0.25, -0.2) is 4.79 Å². The Kier molecular flexibility index (Phi) is 8.31. The zero-order valence-corrected chi connectivity index (χ0v) is 18.9. The summed E-state index contributed by atoms with van der Waals surface area (Å²) in [4.78, 5) is 36.0. The van der Waals surface area contributed by atoms with Gasteiger partial charge in [0.05, 0.1) is 23.3 Å². The Morgan fingerprint density at radius 3 is 2.38 bits per heavy atom. The molecule has 0 unspecified atom stereocenters. The molecule has 0 heterocycles. The molecule has 9 heteroatoms. The normalized spacial score (nSPS) is 13.0. The minimum Gasteiger partial charge on any atom is -0.444 e. The van der Waals surface area contributed by atoms with E-state index in [0.717, 1.165) is 5.56 Å². The molecule has 0 saturated heterocycles. The molecule has 2 aromatic carbocycles. The largest absolute Gasteiger partial charge is 0.444 e. The molecule has 2 N–H and O–H groups in total. The first-order valence-corrected chi connectivity index (χ1v) is 10.2. The summed E-state index contributed by atoms with van der Waals surface area (Å²) in [5.41, 5.74) is 0.907. The minimum absolute atomic E-state index is 0.157. The molecule has 0 radical (unpaired) electrons. The molecule has 0 aliphatic heterocycles. The van der Waals surface area contributed by atoms with Crippen molar-refractivity contribution in [2.45, 2.75) is 59.0 Å². The summed E-state index contributed by atoms with van der Waals surface area (Å²) < 4.78 is 11.1. The fourth-order valence-corrected chi connectivity index (χ4v) is 2.80. The van der Waals surface area contributed by atoms with E-state index in [0.29, 0.717) is 5.56 Å². The smallest absolute Gasteiger partial charge is 0.408 e. The highest BCUT2D eigenvalue weighted by Crippen LogP contribution is 2.22. The van der Waals surface area contributed by atoms with Crippen LogP contribution in [0.1, 0.15) is 38.8 Å². The van der Waals surface area contributed by atoms with E-state index in [1.807, 2.05) is 30.3 Å². The van der Waals surface area contributed by atoms with Gasteiger partial charge in [-0.3, -0.25) is 14.9 Å². The molecule has 0 spiro atoms. The first kappa shape index (κ1) is 24.8. The summed E-state index contributed by atoms with van der Waals surface area (Å²) in [5.74, 6) is -0.583. The lowest BCUT2D eigenvalue weighted by Gasteiger charge is -2.27. The number of hydrogen-bond acceptors (Lipinski definition) is 6. The minimum atomic E-state index is -1.10. The van der Waals surface area contributed by atoms with Gasteiger partial charge in [0, 0.05) is 12.1 Å². The lowest BCUT2D eigenvalue weighted by molar-refractivity contribution is -0.384. The van der Waals surface area contributed by atoms with Crippen molar-refractivity contribution >= 4 is 23.4 Å². The third kappa shape index (κ3) is 7.66. The number of anilines is 1. The molecule has 0 aliphatic carbocycles. The first-order valence-electron chi connectivity index (χ1n) is 10.2. The molecule has 172 valence electrons. The van der Waals surface area contributed by atoms with Crippen LogP contribution in [0, 0.1) is 17.0 Å². The maximum Gasteiger partial charge on any atom is 0.408 e. The highest BCUT2D eigenvalue weighted by atomic mass is 16.6. The van der Waals surface area contributed by atoms with Crippen molar-refractivity contribution in [1.82, 2.24) is 5.32 Å². The molecule has 32 heavy (non-hydrogen) atoms. The van der Waals surface area contributed by atoms with Gasteiger partial charge in [0.1, 0.15) is 11.6 Å². The molecule has 0 fully saturated rings. The predicted octanol–water partition coefficient (Wildman–Crippen LogP) is 4.34. The fourth-order valence-electron chi connectivity index (χ4n) is 2.80. The van der Waals surface area contributed by atoms with Crippen LogP contribution in [0.2, 0.25) is 0 Å². The van der Waals surface area contributed by atoms with Crippen LogP contribution in [-0.2, 0) is 20.9 Å². The number of aryl methyl sites for hydroxylation is 1. The van der Waals surface area contributed by atoms with Crippen molar-refractivity contribution in [3.8, 4) is 0 Å². The molecular weight excluding hydrogens is 414 g/mol. The molecule has 2 amide bonds. The van der Waals surface area contributed by atoms with Crippen LogP contribution in [0.15, 0.2) is 48.5 Å².